The fraction of sp³-hybridized carbons (Fsp3) is 0.350. The van der Waals surface area contributed by atoms with E-state index < -0.39 is 34.1 Å². The van der Waals surface area contributed by atoms with E-state index in [0.717, 1.165) is 37.3 Å². The van der Waals surface area contributed by atoms with Crippen molar-refractivity contribution in [3.8, 4) is 5.75 Å². The number of carbonyl (C=O) groups excluding carboxylic acids is 1. The summed E-state index contributed by atoms with van der Waals surface area (Å²) in [5.41, 5.74) is 1.08. The van der Waals surface area contributed by atoms with E-state index in [2.05, 4.69) is 12.2 Å². The zero-order valence-electron chi connectivity index (χ0n) is 16.3. The summed E-state index contributed by atoms with van der Waals surface area (Å²) in [5.74, 6) is -2.23. The van der Waals surface area contributed by atoms with Gasteiger partial charge in [0, 0.05) is 6.07 Å². The van der Waals surface area contributed by atoms with Crippen molar-refractivity contribution < 1.29 is 26.7 Å². The number of nitrogens with one attached hydrogen (secondary N) is 1. The molecule has 1 amide bonds. The Morgan fingerprint density at radius 1 is 1.10 bits per heavy atom. The molecule has 2 rings (SSSR count). The predicted molar refractivity (Wildman–Crippen MR) is 107 cm³/mol. The van der Waals surface area contributed by atoms with Crippen LogP contribution in [0, 0.1) is 11.6 Å². The summed E-state index contributed by atoms with van der Waals surface area (Å²) in [6, 6.07) is 10.3. The molecule has 0 spiro atoms. The molecule has 29 heavy (non-hydrogen) atoms. The molecule has 2 aromatic rings. The molecule has 6 nitrogen and oxygen atoms in total. The van der Waals surface area contributed by atoms with E-state index in [-0.39, 0.29) is 18.8 Å². The van der Waals surface area contributed by atoms with Gasteiger partial charge in [-0.1, -0.05) is 25.5 Å². The van der Waals surface area contributed by atoms with Crippen molar-refractivity contribution in [1.29, 1.82) is 0 Å². The summed E-state index contributed by atoms with van der Waals surface area (Å²) in [5, 5.41) is 2.55. The summed E-state index contributed by atoms with van der Waals surface area (Å²) in [7, 11) is -3.87. The molecular weight excluding hydrogens is 402 g/mol. The number of hydrogen-bond acceptors (Lipinski definition) is 4. The van der Waals surface area contributed by atoms with E-state index >= 15 is 0 Å². The van der Waals surface area contributed by atoms with Crippen molar-refractivity contribution in [2.75, 3.05) is 30.3 Å². The Kier molecular flexibility index (Phi) is 7.95. The van der Waals surface area contributed by atoms with Gasteiger partial charge in [0.2, 0.25) is 15.9 Å². The molecule has 0 atom stereocenters. The molecule has 0 saturated heterocycles. The van der Waals surface area contributed by atoms with Gasteiger partial charge in [-0.3, -0.25) is 9.10 Å². The number of sulfonamides is 1. The minimum Gasteiger partial charge on any atom is -0.492 e. The Bertz CT molecular complexity index is 934. The van der Waals surface area contributed by atoms with Crippen molar-refractivity contribution in [1.82, 2.24) is 5.32 Å². The smallest absolute Gasteiger partial charge is 0.240 e. The summed E-state index contributed by atoms with van der Waals surface area (Å²) >= 11 is 0. The number of rotatable bonds is 10. The SMILES string of the molecule is CCCc1ccc(OCCNC(=O)CN(c2ccc(F)c(F)c2)S(C)(=O)=O)cc1. The van der Waals surface area contributed by atoms with Crippen LogP contribution in [0.5, 0.6) is 5.75 Å². The van der Waals surface area contributed by atoms with Gasteiger partial charge in [-0.15, -0.1) is 0 Å². The Balaban J connectivity index is 1.87. The lowest BCUT2D eigenvalue weighted by atomic mass is 10.1. The molecule has 2 aromatic carbocycles. The summed E-state index contributed by atoms with van der Waals surface area (Å²) in [6.07, 6.45) is 2.93. The van der Waals surface area contributed by atoms with Crippen molar-refractivity contribution >= 4 is 21.6 Å². The van der Waals surface area contributed by atoms with Gasteiger partial charge in [-0.05, 0) is 36.2 Å². The highest BCUT2D eigenvalue weighted by molar-refractivity contribution is 7.92. The topological polar surface area (TPSA) is 75.7 Å². The standard InChI is InChI=1S/C20H24F2N2O4S/c1-3-4-15-5-8-17(9-6-15)28-12-11-23-20(25)14-24(29(2,26)27)16-7-10-18(21)19(22)13-16/h5-10,13H,3-4,11-12,14H2,1-2H3,(H,23,25). The average Bonchev–Trinajstić information content (AvgIpc) is 2.66. The molecule has 0 fully saturated rings. The van der Waals surface area contributed by atoms with Gasteiger partial charge in [-0.2, -0.15) is 0 Å². The third-order valence-electron chi connectivity index (χ3n) is 4.03. The maximum atomic E-state index is 13.4. The predicted octanol–water partition coefficient (Wildman–Crippen LogP) is 2.88. The number of carbonyl (C=O) groups is 1. The lowest BCUT2D eigenvalue weighted by Gasteiger charge is -2.22. The first-order chi connectivity index (χ1) is 13.7. The largest absolute Gasteiger partial charge is 0.492 e. The Morgan fingerprint density at radius 3 is 2.38 bits per heavy atom. The normalized spacial score (nSPS) is 11.2. The minimum atomic E-state index is -3.87. The summed E-state index contributed by atoms with van der Waals surface area (Å²) < 4.78 is 56.7. The maximum Gasteiger partial charge on any atom is 0.240 e. The van der Waals surface area contributed by atoms with E-state index in [0.29, 0.717) is 10.1 Å². The second-order valence-electron chi connectivity index (χ2n) is 6.46. The van der Waals surface area contributed by atoms with E-state index in [1.165, 1.54) is 5.56 Å². The number of hydrogen-bond donors (Lipinski definition) is 1. The van der Waals surface area contributed by atoms with Crippen LogP contribution < -0.4 is 14.4 Å². The molecule has 158 valence electrons. The molecule has 0 bridgehead atoms. The number of benzene rings is 2. The van der Waals surface area contributed by atoms with Gasteiger partial charge >= 0.3 is 0 Å². The van der Waals surface area contributed by atoms with Gasteiger partial charge in [0.1, 0.15) is 18.9 Å². The lowest BCUT2D eigenvalue weighted by Crippen LogP contribution is -2.41. The number of ether oxygens (including phenoxy) is 1. The Labute approximate surface area is 169 Å². The van der Waals surface area contributed by atoms with Gasteiger partial charge in [0.05, 0.1) is 18.5 Å². The van der Waals surface area contributed by atoms with E-state index in [9.17, 15) is 22.0 Å². The number of aryl methyl sites for hydroxylation is 1. The van der Waals surface area contributed by atoms with Gasteiger partial charge in [0.25, 0.3) is 0 Å². The highest BCUT2D eigenvalue weighted by Gasteiger charge is 2.21. The fourth-order valence-electron chi connectivity index (χ4n) is 2.63. The van der Waals surface area contributed by atoms with Crippen LogP contribution in [0.4, 0.5) is 14.5 Å². The first kappa shape index (κ1) is 22.6. The highest BCUT2D eigenvalue weighted by Crippen LogP contribution is 2.20. The molecule has 0 aliphatic heterocycles. The lowest BCUT2D eigenvalue weighted by molar-refractivity contribution is -0.119. The average molecular weight is 426 g/mol. The maximum absolute atomic E-state index is 13.4. The molecule has 0 aliphatic carbocycles. The molecule has 0 radical (unpaired) electrons. The van der Waals surface area contributed by atoms with E-state index in [4.69, 9.17) is 4.74 Å². The van der Waals surface area contributed by atoms with Crippen molar-refractivity contribution in [2.45, 2.75) is 19.8 Å². The monoisotopic (exact) mass is 426 g/mol. The molecule has 0 unspecified atom stereocenters. The minimum absolute atomic E-state index is 0.134. The molecule has 0 aromatic heterocycles. The zero-order chi connectivity index (χ0) is 21.4. The van der Waals surface area contributed by atoms with Crippen LogP contribution in [0.15, 0.2) is 42.5 Å². The summed E-state index contributed by atoms with van der Waals surface area (Å²) in [4.78, 5) is 12.1. The second kappa shape index (κ2) is 10.2. The van der Waals surface area contributed by atoms with Gasteiger partial charge in [-0.25, -0.2) is 17.2 Å². The van der Waals surface area contributed by atoms with Crippen LogP contribution in [0.2, 0.25) is 0 Å². The van der Waals surface area contributed by atoms with Crippen LogP contribution in [0.1, 0.15) is 18.9 Å². The molecule has 0 aliphatic rings. The third kappa shape index (κ3) is 7.01. The number of nitrogens with zero attached hydrogens (tertiary/aromatic N) is 1. The quantitative estimate of drug-likeness (QED) is 0.593. The molecule has 1 N–H and O–H groups in total. The molecule has 0 heterocycles. The number of anilines is 1. The zero-order valence-corrected chi connectivity index (χ0v) is 17.1. The molecular formula is C20H24F2N2O4S. The Hall–Kier alpha value is -2.68. The second-order valence-corrected chi connectivity index (χ2v) is 8.37. The number of halogens is 2. The van der Waals surface area contributed by atoms with Crippen molar-refractivity contribution in [3.05, 3.63) is 59.7 Å². The third-order valence-corrected chi connectivity index (χ3v) is 5.17. The Morgan fingerprint density at radius 2 is 1.79 bits per heavy atom. The number of amides is 1. The first-order valence-corrected chi connectivity index (χ1v) is 11.0. The molecule has 9 heteroatoms. The fourth-order valence-corrected chi connectivity index (χ4v) is 3.48. The van der Waals surface area contributed by atoms with Crippen LogP contribution in [-0.2, 0) is 21.2 Å². The van der Waals surface area contributed by atoms with E-state index in [1.54, 1.807) is 0 Å². The van der Waals surface area contributed by atoms with Crippen LogP contribution in [0.25, 0.3) is 0 Å². The van der Waals surface area contributed by atoms with Crippen LogP contribution in [0.3, 0.4) is 0 Å². The van der Waals surface area contributed by atoms with Crippen LogP contribution in [-0.4, -0.2) is 40.3 Å². The van der Waals surface area contributed by atoms with Crippen LogP contribution >= 0.6 is 0 Å². The summed E-state index contributed by atoms with van der Waals surface area (Å²) in [6.45, 7) is 1.90. The van der Waals surface area contributed by atoms with E-state index in [1.807, 2.05) is 24.3 Å². The van der Waals surface area contributed by atoms with Crippen molar-refractivity contribution in [3.63, 3.8) is 0 Å². The van der Waals surface area contributed by atoms with Gasteiger partial charge in [0.15, 0.2) is 11.6 Å². The van der Waals surface area contributed by atoms with Crippen molar-refractivity contribution in [2.24, 2.45) is 0 Å². The molecule has 0 saturated carbocycles. The first-order valence-electron chi connectivity index (χ1n) is 9.12. The van der Waals surface area contributed by atoms with Gasteiger partial charge < -0.3 is 10.1 Å². The highest BCUT2D eigenvalue weighted by atomic mass is 32.2.